The van der Waals surface area contributed by atoms with Crippen LogP contribution in [0.4, 0.5) is 0 Å². The maximum absolute atomic E-state index is 9.06. The Bertz CT molecular complexity index is 925. The SMILES string of the molecule is C[C@H](c1ccc2scnc2c1)N1CCc2cc(C#N)cnc2CC1. The average Bonchev–Trinajstić information content (AvgIpc) is 2.99. The van der Waals surface area contributed by atoms with E-state index in [1.165, 1.54) is 15.8 Å². The second-order valence-electron chi connectivity index (χ2n) is 6.23. The first-order valence-corrected chi connectivity index (χ1v) is 9.07. The molecule has 24 heavy (non-hydrogen) atoms. The molecule has 0 N–H and O–H groups in total. The van der Waals surface area contributed by atoms with Gasteiger partial charge in [0.1, 0.15) is 6.07 Å². The van der Waals surface area contributed by atoms with Gasteiger partial charge in [0, 0.05) is 37.4 Å². The fraction of sp³-hybridized carbons (Fsp3) is 0.316. The summed E-state index contributed by atoms with van der Waals surface area (Å²) in [5, 5.41) is 9.06. The van der Waals surface area contributed by atoms with Crippen molar-refractivity contribution in [2.24, 2.45) is 0 Å². The van der Waals surface area contributed by atoms with Crippen molar-refractivity contribution in [3.63, 3.8) is 0 Å². The monoisotopic (exact) mass is 334 g/mol. The number of fused-ring (bicyclic) bond motifs is 2. The molecule has 0 fully saturated rings. The van der Waals surface area contributed by atoms with Crippen LogP contribution in [-0.2, 0) is 12.8 Å². The van der Waals surface area contributed by atoms with Crippen molar-refractivity contribution in [3.05, 3.63) is 58.4 Å². The minimum Gasteiger partial charge on any atom is -0.296 e. The first-order chi connectivity index (χ1) is 11.7. The zero-order valence-electron chi connectivity index (χ0n) is 13.6. The van der Waals surface area contributed by atoms with Crippen LogP contribution in [0.15, 0.2) is 36.0 Å². The van der Waals surface area contributed by atoms with Gasteiger partial charge in [0.05, 0.1) is 21.3 Å². The predicted octanol–water partition coefficient (Wildman–Crippen LogP) is 3.72. The first kappa shape index (κ1) is 15.3. The molecular weight excluding hydrogens is 316 g/mol. The molecule has 0 radical (unpaired) electrons. The van der Waals surface area contributed by atoms with Gasteiger partial charge in [-0.3, -0.25) is 9.88 Å². The van der Waals surface area contributed by atoms with Crippen LogP contribution >= 0.6 is 11.3 Å². The lowest BCUT2D eigenvalue weighted by Gasteiger charge is -2.27. The Morgan fingerprint density at radius 1 is 1.21 bits per heavy atom. The quantitative estimate of drug-likeness (QED) is 0.716. The van der Waals surface area contributed by atoms with Gasteiger partial charge in [0.2, 0.25) is 0 Å². The van der Waals surface area contributed by atoms with Crippen molar-refractivity contribution in [1.29, 1.82) is 5.26 Å². The number of rotatable bonds is 2. The number of hydrogen-bond donors (Lipinski definition) is 0. The van der Waals surface area contributed by atoms with E-state index in [0.717, 1.165) is 37.1 Å². The average molecular weight is 334 g/mol. The molecule has 0 amide bonds. The first-order valence-electron chi connectivity index (χ1n) is 8.19. The van der Waals surface area contributed by atoms with Crippen molar-refractivity contribution < 1.29 is 0 Å². The molecule has 0 unspecified atom stereocenters. The Morgan fingerprint density at radius 3 is 2.96 bits per heavy atom. The molecule has 0 bridgehead atoms. The number of pyridine rings is 1. The second kappa shape index (κ2) is 6.31. The highest BCUT2D eigenvalue weighted by Gasteiger charge is 2.21. The lowest BCUT2D eigenvalue weighted by atomic mass is 10.1. The molecule has 3 heterocycles. The van der Waals surface area contributed by atoms with E-state index in [9.17, 15) is 0 Å². The van der Waals surface area contributed by atoms with E-state index in [-0.39, 0.29) is 0 Å². The van der Waals surface area contributed by atoms with Crippen molar-refractivity contribution in [2.75, 3.05) is 13.1 Å². The summed E-state index contributed by atoms with van der Waals surface area (Å²) in [6.45, 7) is 4.24. The molecule has 4 nitrogen and oxygen atoms in total. The number of aromatic nitrogens is 2. The van der Waals surface area contributed by atoms with Crippen molar-refractivity contribution in [2.45, 2.75) is 25.8 Å². The molecule has 2 aromatic heterocycles. The molecule has 1 atom stereocenters. The summed E-state index contributed by atoms with van der Waals surface area (Å²) in [7, 11) is 0. The molecule has 0 saturated heterocycles. The summed E-state index contributed by atoms with van der Waals surface area (Å²) in [6, 6.07) is 11.1. The highest BCUT2D eigenvalue weighted by atomic mass is 32.1. The molecule has 120 valence electrons. The van der Waals surface area contributed by atoms with E-state index in [1.54, 1.807) is 17.5 Å². The van der Waals surface area contributed by atoms with Gasteiger partial charge >= 0.3 is 0 Å². The largest absolute Gasteiger partial charge is 0.296 e. The molecule has 4 rings (SSSR count). The number of benzene rings is 1. The third-order valence-electron chi connectivity index (χ3n) is 4.88. The van der Waals surface area contributed by atoms with Crippen LogP contribution < -0.4 is 0 Å². The van der Waals surface area contributed by atoms with Gasteiger partial charge in [-0.15, -0.1) is 11.3 Å². The number of nitrogens with zero attached hydrogens (tertiary/aromatic N) is 4. The smallest absolute Gasteiger partial charge is 0.101 e. The number of thiazole rings is 1. The summed E-state index contributed by atoms with van der Waals surface area (Å²) in [5.74, 6) is 0. The van der Waals surface area contributed by atoms with Crippen LogP contribution in [0.2, 0.25) is 0 Å². The number of hydrogen-bond acceptors (Lipinski definition) is 5. The molecule has 0 saturated carbocycles. The van der Waals surface area contributed by atoms with Gasteiger partial charge in [-0.2, -0.15) is 5.26 Å². The van der Waals surface area contributed by atoms with E-state index in [4.69, 9.17) is 5.26 Å². The van der Waals surface area contributed by atoms with Crippen LogP contribution in [-0.4, -0.2) is 28.0 Å². The maximum Gasteiger partial charge on any atom is 0.101 e. The summed E-state index contributed by atoms with van der Waals surface area (Å²) in [4.78, 5) is 11.4. The lowest BCUT2D eigenvalue weighted by molar-refractivity contribution is 0.221. The summed E-state index contributed by atoms with van der Waals surface area (Å²) >= 11 is 1.68. The topological polar surface area (TPSA) is 52.8 Å². The van der Waals surface area contributed by atoms with E-state index < -0.39 is 0 Å². The predicted molar refractivity (Wildman–Crippen MR) is 96.0 cm³/mol. The molecule has 5 heteroatoms. The van der Waals surface area contributed by atoms with Crippen LogP contribution in [0, 0.1) is 11.3 Å². The van der Waals surface area contributed by atoms with Crippen LogP contribution in [0.3, 0.4) is 0 Å². The lowest BCUT2D eigenvalue weighted by Crippen LogP contribution is -2.29. The third-order valence-corrected chi connectivity index (χ3v) is 5.69. The Morgan fingerprint density at radius 2 is 2.08 bits per heavy atom. The zero-order chi connectivity index (χ0) is 16.5. The van der Waals surface area contributed by atoms with Gasteiger partial charge < -0.3 is 0 Å². The molecule has 1 aliphatic heterocycles. The minimum absolute atomic E-state index is 0.348. The molecule has 1 aromatic carbocycles. The Balaban J connectivity index is 1.56. The van der Waals surface area contributed by atoms with E-state index >= 15 is 0 Å². The maximum atomic E-state index is 9.06. The highest BCUT2D eigenvalue weighted by molar-refractivity contribution is 7.16. The third kappa shape index (κ3) is 2.79. The molecule has 0 aliphatic carbocycles. The summed E-state index contributed by atoms with van der Waals surface area (Å²) < 4.78 is 1.24. The highest BCUT2D eigenvalue weighted by Crippen LogP contribution is 2.27. The zero-order valence-corrected chi connectivity index (χ0v) is 14.4. The normalized spacial score (nSPS) is 16.3. The van der Waals surface area contributed by atoms with Gasteiger partial charge in [-0.25, -0.2) is 4.98 Å². The number of nitriles is 1. The van der Waals surface area contributed by atoms with Crippen LogP contribution in [0.25, 0.3) is 10.2 Å². The molecule has 3 aromatic rings. The Labute approximate surface area is 145 Å². The Hall–Kier alpha value is -2.29. The van der Waals surface area contributed by atoms with E-state index in [2.05, 4.69) is 46.1 Å². The van der Waals surface area contributed by atoms with Gasteiger partial charge in [0.25, 0.3) is 0 Å². The summed E-state index contributed by atoms with van der Waals surface area (Å²) in [6.07, 6.45) is 3.57. The Kier molecular flexibility index (Phi) is 4.01. The van der Waals surface area contributed by atoms with Crippen LogP contribution in [0.1, 0.15) is 35.3 Å². The van der Waals surface area contributed by atoms with Crippen LogP contribution in [0.5, 0.6) is 0 Å². The van der Waals surface area contributed by atoms with Gasteiger partial charge in [0.15, 0.2) is 0 Å². The fourth-order valence-corrected chi connectivity index (χ4v) is 4.06. The van der Waals surface area contributed by atoms with Gasteiger partial charge in [-0.05, 0) is 42.7 Å². The van der Waals surface area contributed by atoms with Crippen molar-refractivity contribution >= 4 is 21.6 Å². The second-order valence-corrected chi connectivity index (χ2v) is 7.12. The standard InChI is InChI=1S/C19H18N4S/c1-13(15-2-3-19-18(9-15)22-12-24-19)23-6-4-16-8-14(10-20)11-21-17(16)5-7-23/h2-3,8-9,11-13H,4-7H2,1H3/t13-/m1/s1. The van der Waals surface area contributed by atoms with Gasteiger partial charge in [-0.1, -0.05) is 6.07 Å². The van der Waals surface area contributed by atoms with E-state index in [1.807, 2.05) is 11.6 Å². The van der Waals surface area contributed by atoms with Crippen molar-refractivity contribution in [1.82, 2.24) is 14.9 Å². The van der Waals surface area contributed by atoms with Crippen molar-refractivity contribution in [3.8, 4) is 6.07 Å². The summed E-state index contributed by atoms with van der Waals surface area (Å²) in [5.41, 5.74) is 7.31. The fourth-order valence-electron chi connectivity index (χ4n) is 3.40. The van der Waals surface area contributed by atoms with E-state index in [0.29, 0.717) is 11.6 Å². The minimum atomic E-state index is 0.348. The molecular formula is C19H18N4S. The molecule has 0 spiro atoms. The molecule has 1 aliphatic rings.